The Bertz CT molecular complexity index is 932. The van der Waals surface area contributed by atoms with Gasteiger partial charge in [0.1, 0.15) is 0 Å². The molecule has 5 nitrogen and oxygen atoms in total. The fourth-order valence-corrected chi connectivity index (χ4v) is 3.55. The predicted octanol–water partition coefficient (Wildman–Crippen LogP) is 4.31. The van der Waals surface area contributed by atoms with E-state index in [0.29, 0.717) is 0 Å². The standard InChI is InChI=1S/C23H24N4O/c1-17-7-5-6-10-21(17)26-22(28)19-11-13-27(14-12-19)23-24-15-20(16-25-23)18-8-3-2-4-9-18/h2-10,15-16,19H,11-14H2,1H3,(H,26,28). The number of hydrogen-bond acceptors (Lipinski definition) is 4. The highest BCUT2D eigenvalue weighted by Gasteiger charge is 2.26. The summed E-state index contributed by atoms with van der Waals surface area (Å²) in [7, 11) is 0. The minimum Gasteiger partial charge on any atom is -0.341 e. The molecule has 1 aliphatic rings. The van der Waals surface area contributed by atoms with Crippen molar-refractivity contribution in [1.29, 1.82) is 0 Å². The average molecular weight is 372 g/mol. The maximum absolute atomic E-state index is 12.6. The summed E-state index contributed by atoms with van der Waals surface area (Å²) in [6.07, 6.45) is 5.35. The molecule has 1 saturated heterocycles. The summed E-state index contributed by atoms with van der Waals surface area (Å²) < 4.78 is 0. The number of carbonyl (C=O) groups excluding carboxylic acids is 1. The molecule has 28 heavy (non-hydrogen) atoms. The van der Waals surface area contributed by atoms with Crippen LogP contribution in [0.1, 0.15) is 18.4 Å². The van der Waals surface area contributed by atoms with Crippen molar-refractivity contribution >= 4 is 17.5 Å². The second kappa shape index (κ2) is 8.21. The van der Waals surface area contributed by atoms with Crippen molar-refractivity contribution in [2.24, 2.45) is 5.92 Å². The van der Waals surface area contributed by atoms with E-state index in [2.05, 4.69) is 32.3 Å². The quantitative estimate of drug-likeness (QED) is 0.741. The molecule has 0 spiro atoms. The number of nitrogens with zero attached hydrogens (tertiary/aromatic N) is 3. The van der Waals surface area contributed by atoms with Gasteiger partial charge in [0.2, 0.25) is 11.9 Å². The van der Waals surface area contributed by atoms with Crippen LogP contribution in [0.2, 0.25) is 0 Å². The van der Waals surface area contributed by atoms with Gasteiger partial charge in [0.25, 0.3) is 0 Å². The highest BCUT2D eigenvalue weighted by Crippen LogP contribution is 2.24. The number of hydrogen-bond donors (Lipinski definition) is 1. The van der Waals surface area contributed by atoms with E-state index >= 15 is 0 Å². The number of aryl methyl sites for hydroxylation is 1. The summed E-state index contributed by atoms with van der Waals surface area (Å²) >= 11 is 0. The van der Waals surface area contributed by atoms with Crippen LogP contribution >= 0.6 is 0 Å². The summed E-state index contributed by atoms with van der Waals surface area (Å²) in [6, 6.07) is 18.0. The molecule has 0 radical (unpaired) electrons. The van der Waals surface area contributed by atoms with Crippen LogP contribution in [0.25, 0.3) is 11.1 Å². The second-order valence-corrected chi connectivity index (χ2v) is 7.20. The lowest BCUT2D eigenvalue weighted by atomic mass is 9.96. The largest absolute Gasteiger partial charge is 0.341 e. The zero-order valence-electron chi connectivity index (χ0n) is 16.0. The van der Waals surface area contributed by atoms with Crippen molar-refractivity contribution in [3.8, 4) is 11.1 Å². The summed E-state index contributed by atoms with van der Waals surface area (Å²) in [4.78, 5) is 23.8. The molecule has 4 rings (SSSR count). The summed E-state index contributed by atoms with van der Waals surface area (Å²) in [5, 5.41) is 3.07. The highest BCUT2D eigenvalue weighted by molar-refractivity contribution is 5.93. The minimum absolute atomic E-state index is 0.0273. The first-order chi connectivity index (χ1) is 13.7. The molecule has 1 aliphatic heterocycles. The van der Waals surface area contributed by atoms with Crippen LogP contribution in [0.15, 0.2) is 67.0 Å². The van der Waals surface area contributed by atoms with Crippen LogP contribution in [0, 0.1) is 12.8 Å². The molecule has 2 aromatic carbocycles. The topological polar surface area (TPSA) is 58.1 Å². The Balaban J connectivity index is 1.35. The fraction of sp³-hybridized carbons (Fsp3) is 0.261. The Labute approximate surface area is 165 Å². The molecule has 0 atom stereocenters. The lowest BCUT2D eigenvalue weighted by Crippen LogP contribution is -2.39. The van der Waals surface area contributed by atoms with Gasteiger partial charge in [-0.25, -0.2) is 9.97 Å². The number of para-hydroxylation sites is 1. The van der Waals surface area contributed by atoms with Gasteiger partial charge >= 0.3 is 0 Å². The third-order valence-electron chi connectivity index (χ3n) is 5.30. The Hall–Kier alpha value is -3.21. The number of benzene rings is 2. The minimum atomic E-state index is 0.0273. The Kier molecular flexibility index (Phi) is 5.33. The zero-order chi connectivity index (χ0) is 19.3. The molecule has 5 heteroatoms. The van der Waals surface area contributed by atoms with E-state index in [1.807, 2.05) is 61.8 Å². The number of amides is 1. The van der Waals surface area contributed by atoms with E-state index in [0.717, 1.165) is 54.3 Å². The van der Waals surface area contributed by atoms with Gasteiger partial charge in [-0.05, 0) is 37.0 Å². The number of piperidine rings is 1. The second-order valence-electron chi connectivity index (χ2n) is 7.20. The number of anilines is 2. The van der Waals surface area contributed by atoms with Crippen LogP contribution in [-0.4, -0.2) is 29.0 Å². The van der Waals surface area contributed by atoms with Gasteiger partial charge in [0.15, 0.2) is 0 Å². The molecule has 3 aromatic rings. The number of aromatic nitrogens is 2. The highest BCUT2D eigenvalue weighted by atomic mass is 16.1. The maximum atomic E-state index is 12.6. The van der Waals surface area contributed by atoms with Gasteiger partial charge < -0.3 is 10.2 Å². The molecule has 0 aliphatic carbocycles. The Morgan fingerprint density at radius 1 is 0.929 bits per heavy atom. The normalized spacial score (nSPS) is 14.7. The molecule has 1 fully saturated rings. The van der Waals surface area contributed by atoms with Gasteiger partial charge in [0, 0.05) is 42.7 Å². The van der Waals surface area contributed by atoms with E-state index in [-0.39, 0.29) is 11.8 Å². The van der Waals surface area contributed by atoms with Gasteiger partial charge in [-0.1, -0.05) is 48.5 Å². The maximum Gasteiger partial charge on any atom is 0.227 e. The lowest BCUT2D eigenvalue weighted by Gasteiger charge is -2.31. The molecule has 0 saturated carbocycles. The molecular formula is C23H24N4O. The first kappa shape index (κ1) is 18.2. The lowest BCUT2D eigenvalue weighted by molar-refractivity contribution is -0.120. The van der Waals surface area contributed by atoms with Crippen LogP contribution < -0.4 is 10.2 Å². The summed E-state index contributed by atoms with van der Waals surface area (Å²) in [6.45, 7) is 3.59. The molecule has 1 aromatic heterocycles. The molecule has 2 heterocycles. The molecular weight excluding hydrogens is 348 g/mol. The van der Waals surface area contributed by atoms with Crippen molar-refractivity contribution in [1.82, 2.24) is 9.97 Å². The third-order valence-corrected chi connectivity index (χ3v) is 5.30. The fourth-order valence-electron chi connectivity index (χ4n) is 3.55. The SMILES string of the molecule is Cc1ccccc1NC(=O)C1CCN(c2ncc(-c3ccccc3)cn2)CC1. The Morgan fingerprint density at radius 2 is 1.57 bits per heavy atom. The van der Waals surface area contributed by atoms with Crippen molar-refractivity contribution in [2.45, 2.75) is 19.8 Å². The smallest absolute Gasteiger partial charge is 0.227 e. The van der Waals surface area contributed by atoms with Crippen LogP contribution in [-0.2, 0) is 4.79 Å². The van der Waals surface area contributed by atoms with Crippen molar-refractivity contribution in [3.63, 3.8) is 0 Å². The van der Waals surface area contributed by atoms with E-state index in [1.165, 1.54) is 0 Å². The third kappa shape index (κ3) is 4.03. The molecule has 1 N–H and O–H groups in total. The first-order valence-corrected chi connectivity index (χ1v) is 9.69. The number of rotatable bonds is 4. The first-order valence-electron chi connectivity index (χ1n) is 9.69. The van der Waals surface area contributed by atoms with Crippen LogP contribution in [0.4, 0.5) is 11.6 Å². The summed E-state index contributed by atoms with van der Waals surface area (Å²) in [5.41, 5.74) is 4.10. The summed E-state index contributed by atoms with van der Waals surface area (Å²) in [5.74, 6) is 0.867. The van der Waals surface area contributed by atoms with E-state index in [4.69, 9.17) is 0 Å². The molecule has 142 valence electrons. The Morgan fingerprint density at radius 3 is 2.25 bits per heavy atom. The van der Waals surface area contributed by atoms with E-state index < -0.39 is 0 Å². The van der Waals surface area contributed by atoms with Crippen molar-refractivity contribution < 1.29 is 4.79 Å². The zero-order valence-corrected chi connectivity index (χ0v) is 16.0. The van der Waals surface area contributed by atoms with Gasteiger partial charge in [-0.3, -0.25) is 4.79 Å². The van der Waals surface area contributed by atoms with Gasteiger partial charge in [-0.15, -0.1) is 0 Å². The van der Waals surface area contributed by atoms with Gasteiger partial charge in [-0.2, -0.15) is 0 Å². The van der Waals surface area contributed by atoms with Gasteiger partial charge in [0.05, 0.1) is 0 Å². The van der Waals surface area contributed by atoms with E-state index in [9.17, 15) is 4.79 Å². The number of nitrogens with one attached hydrogen (secondary N) is 1. The van der Waals surface area contributed by atoms with Crippen molar-refractivity contribution in [2.75, 3.05) is 23.3 Å². The molecule has 1 amide bonds. The van der Waals surface area contributed by atoms with Crippen LogP contribution in [0.3, 0.4) is 0 Å². The number of carbonyl (C=O) groups is 1. The monoisotopic (exact) mass is 372 g/mol. The van der Waals surface area contributed by atoms with Crippen molar-refractivity contribution in [3.05, 3.63) is 72.6 Å². The van der Waals surface area contributed by atoms with E-state index in [1.54, 1.807) is 0 Å². The molecule has 0 unspecified atom stereocenters. The average Bonchev–Trinajstić information content (AvgIpc) is 2.76. The van der Waals surface area contributed by atoms with Crippen LogP contribution in [0.5, 0.6) is 0 Å². The molecule has 0 bridgehead atoms. The predicted molar refractivity (Wildman–Crippen MR) is 112 cm³/mol.